The Kier molecular flexibility index (Phi) is 5.21. The van der Waals surface area contributed by atoms with Gasteiger partial charge in [0.1, 0.15) is 5.82 Å². The van der Waals surface area contributed by atoms with Crippen molar-refractivity contribution >= 4 is 27.4 Å². The van der Waals surface area contributed by atoms with E-state index in [4.69, 9.17) is 10.5 Å². The second-order valence-corrected chi connectivity index (χ2v) is 5.77. The van der Waals surface area contributed by atoms with Crippen molar-refractivity contribution in [3.8, 4) is 0 Å². The second-order valence-electron chi connectivity index (χ2n) is 4.85. The van der Waals surface area contributed by atoms with Gasteiger partial charge in [-0.1, -0.05) is 13.8 Å². The van der Waals surface area contributed by atoms with Crippen molar-refractivity contribution in [1.29, 1.82) is 0 Å². The van der Waals surface area contributed by atoms with Crippen molar-refractivity contribution in [2.45, 2.75) is 20.3 Å². The van der Waals surface area contributed by atoms with E-state index in [1.165, 1.54) is 0 Å². The van der Waals surface area contributed by atoms with Gasteiger partial charge in [0.25, 0.3) is 0 Å². The van der Waals surface area contributed by atoms with Gasteiger partial charge in [0, 0.05) is 30.9 Å². The molecule has 1 heterocycles. The number of nitrogens with two attached hydrogens (primary N) is 1. The highest BCUT2D eigenvalue weighted by Gasteiger charge is 2.17. The molecule has 0 fully saturated rings. The smallest absolute Gasteiger partial charge is 0.149 e. The lowest BCUT2D eigenvalue weighted by atomic mass is 9.90. The molecule has 0 atom stereocenters. The topological polar surface area (TPSA) is 60.2 Å². The van der Waals surface area contributed by atoms with Crippen LogP contribution in [-0.4, -0.2) is 25.2 Å². The van der Waals surface area contributed by atoms with Crippen molar-refractivity contribution in [2.75, 3.05) is 31.3 Å². The minimum Gasteiger partial charge on any atom is -0.396 e. The summed E-state index contributed by atoms with van der Waals surface area (Å²) in [6.45, 7) is 5.95. The molecule has 0 saturated heterocycles. The predicted octanol–water partition coefficient (Wildman–Crippen LogP) is 2.90. The van der Waals surface area contributed by atoms with Crippen molar-refractivity contribution in [2.24, 2.45) is 5.41 Å². The van der Waals surface area contributed by atoms with Crippen LogP contribution >= 0.6 is 15.9 Å². The molecular weight excluding hydrogens is 282 g/mol. The van der Waals surface area contributed by atoms with Crippen molar-refractivity contribution < 1.29 is 4.74 Å². The Hall–Kier alpha value is -0.810. The van der Waals surface area contributed by atoms with Crippen LogP contribution in [0.25, 0.3) is 0 Å². The van der Waals surface area contributed by atoms with Gasteiger partial charge in [-0.15, -0.1) is 0 Å². The maximum Gasteiger partial charge on any atom is 0.149 e. The zero-order valence-electron chi connectivity index (χ0n) is 10.6. The van der Waals surface area contributed by atoms with Crippen LogP contribution in [0.3, 0.4) is 0 Å². The Labute approximate surface area is 111 Å². The van der Waals surface area contributed by atoms with Crippen LogP contribution < -0.4 is 11.1 Å². The molecule has 17 heavy (non-hydrogen) atoms. The first-order valence-electron chi connectivity index (χ1n) is 5.58. The Morgan fingerprint density at radius 2 is 2.24 bits per heavy atom. The monoisotopic (exact) mass is 301 g/mol. The summed E-state index contributed by atoms with van der Waals surface area (Å²) in [7, 11) is 1.72. The number of pyridine rings is 1. The SMILES string of the molecule is COCCC(C)(C)CNc1ncc(Br)cc1N. The quantitative estimate of drug-likeness (QED) is 0.848. The van der Waals surface area contributed by atoms with Gasteiger partial charge in [0.05, 0.1) is 5.69 Å². The van der Waals surface area contributed by atoms with E-state index in [1.807, 2.05) is 6.07 Å². The Bertz CT molecular complexity index is 369. The van der Waals surface area contributed by atoms with Crippen LogP contribution in [-0.2, 0) is 4.74 Å². The van der Waals surface area contributed by atoms with E-state index in [-0.39, 0.29) is 5.41 Å². The summed E-state index contributed by atoms with van der Waals surface area (Å²) in [5.41, 5.74) is 6.68. The molecule has 0 aliphatic rings. The highest BCUT2D eigenvalue weighted by molar-refractivity contribution is 9.10. The molecule has 0 saturated carbocycles. The van der Waals surface area contributed by atoms with Crippen molar-refractivity contribution in [3.05, 3.63) is 16.7 Å². The number of nitrogen functional groups attached to an aromatic ring is 1. The number of methoxy groups -OCH3 is 1. The van der Waals surface area contributed by atoms with Crippen molar-refractivity contribution in [1.82, 2.24) is 4.98 Å². The first kappa shape index (κ1) is 14.3. The van der Waals surface area contributed by atoms with E-state index in [1.54, 1.807) is 13.3 Å². The molecular formula is C12H20BrN3O. The summed E-state index contributed by atoms with van der Waals surface area (Å²) in [6.07, 6.45) is 2.73. The third-order valence-electron chi connectivity index (χ3n) is 2.60. The number of hydrogen-bond donors (Lipinski definition) is 2. The van der Waals surface area contributed by atoms with Crippen LogP contribution in [0.2, 0.25) is 0 Å². The van der Waals surface area contributed by atoms with E-state index in [9.17, 15) is 0 Å². The van der Waals surface area contributed by atoms with Gasteiger partial charge >= 0.3 is 0 Å². The number of nitrogens with one attached hydrogen (secondary N) is 1. The number of anilines is 2. The lowest BCUT2D eigenvalue weighted by Crippen LogP contribution is -2.25. The van der Waals surface area contributed by atoms with Crippen molar-refractivity contribution in [3.63, 3.8) is 0 Å². The van der Waals surface area contributed by atoms with Crippen LogP contribution in [0, 0.1) is 5.41 Å². The highest BCUT2D eigenvalue weighted by atomic mass is 79.9. The fraction of sp³-hybridized carbons (Fsp3) is 0.583. The molecule has 5 heteroatoms. The summed E-state index contributed by atoms with van der Waals surface area (Å²) in [5.74, 6) is 0.735. The zero-order valence-corrected chi connectivity index (χ0v) is 12.2. The Morgan fingerprint density at radius 1 is 1.53 bits per heavy atom. The molecule has 1 aromatic rings. The highest BCUT2D eigenvalue weighted by Crippen LogP contribution is 2.24. The summed E-state index contributed by atoms with van der Waals surface area (Å²) < 4.78 is 5.98. The van der Waals surface area contributed by atoms with Crippen LogP contribution in [0.4, 0.5) is 11.5 Å². The molecule has 4 nitrogen and oxygen atoms in total. The normalized spacial score (nSPS) is 11.5. The summed E-state index contributed by atoms with van der Waals surface area (Å²) in [4.78, 5) is 4.25. The van der Waals surface area contributed by atoms with Gasteiger partial charge in [-0.25, -0.2) is 4.98 Å². The molecule has 0 aliphatic carbocycles. The number of hydrogen-bond acceptors (Lipinski definition) is 4. The first-order chi connectivity index (χ1) is 7.94. The molecule has 0 unspecified atom stereocenters. The lowest BCUT2D eigenvalue weighted by molar-refractivity contribution is 0.157. The summed E-state index contributed by atoms with van der Waals surface area (Å²) in [5, 5.41) is 3.28. The molecule has 3 N–H and O–H groups in total. The maximum atomic E-state index is 5.87. The largest absolute Gasteiger partial charge is 0.396 e. The standard InChI is InChI=1S/C12H20BrN3O/c1-12(2,4-5-17-3)8-16-11-10(14)6-9(13)7-15-11/h6-7H,4-5,8,14H2,1-3H3,(H,15,16). The van der Waals surface area contributed by atoms with E-state index >= 15 is 0 Å². The molecule has 0 spiro atoms. The van der Waals surface area contributed by atoms with Crippen LogP contribution in [0.1, 0.15) is 20.3 Å². The first-order valence-corrected chi connectivity index (χ1v) is 6.38. The van der Waals surface area contributed by atoms with Gasteiger partial charge in [0.2, 0.25) is 0 Å². The van der Waals surface area contributed by atoms with E-state index < -0.39 is 0 Å². The molecule has 1 rings (SSSR count). The number of halogens is 1. The second kappa shape index (κ2) is 6.21. The number of aromatic nitrogens is 1. The number of rotatable bonds is 6. The number of ether oxygens (including phenoxy) is 1. The molecule has 96 valence electrons. The minimum absolute atomic E-state index is 0.150. The molecule has 0 bridgehead atoms. The Balaban J connectivity index is 2.54. The summed E-state index contributed by atoms with van der Waals surface area (Å²) in [6, 6.07) is 1.84. The van der Waals surface area contributed by atoms with Gasteiger partial charge in [0.15, 0.2) is 0 Å². The van der Waals surface area contributed by atoms with Gasteiger partial charge in [-0.05, 0) is 33.8 Å². The average Bonchev–Trinajstić information content (AvgIpc) is 2.25. The average molecular weight is 302 g/mol. The zero-order chi connectivity index (χ0) is 12.9. The molecule has 0 aromatic carbocycles. The van der Waals surface area contributed by atoms with E-state index in [0.29, 0.717) is 5.69 Å². The molecule has 0 aliphatic heterocycles. The maximum absolute atomic E-state index is 5.87. The fourth-order valence-corrected chi connectivity index (χ4v) is 1.74. The minimum atomic E-state index is 0.150. The third-order valence-corrected chi connectivity index (χ3v) is 3.03. The lowest BCUT2D eigenvalue weighted by Gasteiger charge is -2.25. The van der Waals surface area contributed by atoms with Gasteiger partial charge in [-0.2, -0.15) is 0 Å². The van der Waals surface area contributed by atoms with Crippen LogP contribution in [0.15, 0.2) is 16.7 Å². The fourth-order valence-electron chi connectivity index (χ4n) is 1.39. The van der Waals surface area contributed by atoms with E-state index in [0.717, 1.165) is 29.9 Å². The molecule has 0 amide bonds. The van der Waals surface area contributed by atoms with E-state index in [2.05, 4.69) is 40.1 Å². The van der Waals surface area contributed by atoms with Gasteiger partial charge in [-0.3, -0.25) is 0 Å². The van der Waals surface area contributed by atoms with Gasteiger partial charge < -0.3 is 15.8 Å². The third kappa shape index (κ3) is 4.91. The van der Waals surface area contributed by atoms with Crippen LogP contribution in [0.5, 0.6) is 0 Å². The molecule has 0 radical (unpaired) electrons. The molecule has 1 aromatic heterocycles. The number of nitrogens with zero attached hydrogens (tertiary/aromatic N) is 1. The Morgan fingerprint density at radius 3 is 2.82 bits per heavy atom. The predicted molar refractivity (Wildman–Crippen MR) is 75.1 cm³/mol. The summed E-state index contributed by atoms with van der Waals surface area (Å²) >= 11 is 3.33.